The number of alkyl halides is 1. The van der Waals surface area contributed by atoms with Crippen molar-refractivity contribution >= 4 is 22.9 Å². The minimum absolute atomic E-state index is 0.241. The Hall–Kier alpha value is -0.0100. The first-order valence-corrected chi connectivity index (χ1v) is 7.63. The highest BCUT2D eigenvalue weighted by molar-refractivity contribution is 7.12. The summed E-state index contributed by atoms with van der Waals surface area (Å²) >= 11 is 8.38. The van der Waals surface area contributed by atoms with Gasteiger partial charge in [0.25, 0.3) is 0 Å². The highest BCUT2D eigenvalue weighted by Crippen LogP contribution is 2.37. The quantitative estimate of drug-likeness (QED) is 0.614. The second kappa shape index (κ2) is 5.55. The molecule has 1 aromatic heterocycles. The van der Waals surface area contributed by atoms with E-state index in [1.54, 1.807) is 0 Å². The fourth-order valence-electron chi connectivity index (χ4n) is 2.80. The van der Waals surface area contributed by atoms with Gasteiger partial charge in [0, 0.05) is 9.75 Å². The number of hydrogen-bond acceptors (Lipinski definition) is 1. The van der Waals surface area contributed by atoms with E-state index in [0.717, 1.165) is 12.3 Å². The Kier molecular flexibility index (Phi) is 4.32. The van der Waals surface area contributed by atoms with Gasteiger partial charge in [0.2, 0.25) is 0 Å². The molecule has 1 fully saturated rings. The van der Waals surface area contributed by atoms with Crippen LogP contribution in [-0.4, -0.2) is 0 Å². The number of thiophene rings is 1. The van der Waals surface area contributed by atoms with Crippen molar-refractivity contribution in [2.75, 3.05) is 0 Å². The highest BCUT2D eigenvalue weighted by Gasteiger charge is 2.18. The van der Waals surface area contributed by atoms with Crippen LogP contribution in [0, 0.1) is 19.8 Å². The van der Waals surface area contributed by atoms with Gasteiger partial charge in [0.15, 0.2) is 0 Å². The summed E-state index contributed by atoms with van der Waals surface area (Å²) in [5, 5.41) is 0.241. The molecule has 90 valence electrons. The van der Waals surface area contributed by atoms with E-state index in [1.807, 2.05) is 11.3 Å². The average Bonchev–Trinajstić information content (AvgIpc) is 2.84. The van der Waals surface area contributed by atoms with E-state index in [1.165, 1.54) is 47.4 Å². The maximum atomic E-state index is 6.51. The fourth-order valence-corrected chi connectivity index (χ4v) is 4.20. The van der Waals surface area contributed by atoms with Crippen molar-refractivity contribution < 1.29 is 0 Å². The summed E-state index contributed by atoms with van der Waals surface area (Å²) in [5.41, 5.74) is 1.38. The molecule has 0 saturated heterocycles. The van der Waals surface area contributed by atoms with Crippen LogP contribution in [-0.2, 0) is 0 Å². The molecule has 0 spiro atoms. The lowest BCUT2D eigenvalue weighted by atomic mass is 9.98. The number of aryl methyl sites for hydroxylation is 2. The summed E-state index contributed by atoms with van der Waals surface area (Å²) in [6.07, 6.45) is 8.23. The van der Waals surface area contributed by atoms with E-state index in [2.05, 4.69) is 19.9 Å². The zero-order valence-electron chi connectivity index (χ0n) is 10.3. The molecule has 0 bridgehead atoms. The van der Waals surface area contributed by atoms with Crippen molar-refractivity contribution in [1.29, 1.82) is 0 Å². The van der Waals surface area contributed by atoms with E-state index < -0.39 is 0 Å². The third kappa shape index (κ3) is 3.01. The SMILES string of the molecule is Cc1cc(C(Cl)CCC2CCCC2)c(C)s1. The predicted molar refractivity (Wildman–Crippen MR) is 73.6 cm³/mol. The standard InChI is InChI=1S/C14H21ClS/c1-10-9-13(11(2)16-10)14(15)8-7-12-5-3-4-6-12/h9,12,14H,3-8H2,1-2H3. The average molecular weight is 257 g/mol. The largest absolute Gasteiger partial charge is 0.146 e. The van der Waals surface area contributed by atoms with Crippen molar-refractivity contribution in [3.63, 3.8) is 0 Å². The second-order valence-corrected chi connectivity index (χ2v) is 7.05. The van der Waals surface area contributed by atoms with Crippen LogP contribution in [0.15, 0.2) is 6.07 Å². The molecular formula is C14H21ClS. The molecule has 2 heteroatoms. The monoisotopic (exact) mass is 256 g/mol. The molecule has 0 amide bonds. The molecule has 1 aliphatic rings. The van der Waals surface area contributed by atoms with Crippen molar-refractivity contribution in [3.8, 4) is 0 Å². The van der Waals surface area contributed by atoms with Gasteiger partial charge in [-0.05, 0) is 44.2 Å². The molecule has 1 aliphatic carbocycles. The smallest absolute Gasteiger partial charge is 0.0596 e. The zero-order chi connectivity index (χ0) is 11.5. The van der Waals surface area contributed by atoms with Crippen LogP contribution in [0.25, 0.3) is 0 Å². The lowest BCUT2D eigenvalue weighted by molar-refractivity contribution is 0.480. The minimum atomic E-state index is 0.241. The van der Waals surface area contributed by atoms with Gasteiger partial charge in [-0.1, -0.05) is 25.7 Å². The first-order chi connectivity index (χ1) is 7.66. The van der Waals surface area contributed by atoms with Gasteiger partial charge >= 0.3 is 0 Å². The van der Waals surface area contributed by atoms with Crippen LogP contribution in [0.1, 0.15) is 59.2 Å². The fraction of sp³-hybridized carbons (Fsp3) is 0.714. The third-order valence-electron chi connectivity index (χ3n) is 3.72. The summed E-state index contributed by atoms with van der Waals surface area (Å²) in [5.74, 6) is 0.960. The summed E-state index contributed by atoms with van der Waals surface area (Å²) < 4.78 is 0. The van der Waals surface area contributed by atoms with Gasteiger partial charge in [-0.25, -0.2) is 0 Å². The molecule has 1 unspecified atom stereocenters. The van der Waals surface area contributed by atoms with Crippen LogP contribution < -0.4 is 0 Å². The minimum Gasteiger partial charge on any atom is -0.146 e. The van der Waals surface area contributed by atoms with Gasteiger partial charge < -0.3 is 0 Å². The zero-order valence-corrected chi connectivity index (χ0v) is 11.8. The Morgan fingerprint density at radius 2 is 2.06 bits per heavy atom. The Labute approximate surface area is 108 Å². The van der Waals surface area contributed by atoms with Crippen molar-refractivity contribution in [2.45, 2.75) is 57.7 Å². The molecule has 1 heterocycles. The van der Waals surface area contributed by atoms with Crippen molar-refractivity contribution in [1.82, 2.24) is 0 Å². The van der Waals surface area contributed by atoms with Gasteiger partial charge in [0.1, 0.15) is 0 Å². The summed E-state index contributed by atoms with van der Waals surface area (Å²) in [6, 6.07) is 2.27. The molecule has 0 aliphatic heterocycles. The molecule has 16 heavy (non-hydrogen) atoms. The molecule has 0 aromatic carbocycles. The van der Waals surface area contributed by atoms with E-state index in [-0.39, 0.29) is 5.38 Å². The molecule has 0 nitrogen and oxygen atoms in total. The maximum Gasteiger partial charge on any atom is 0.0596 e. The lowest BCUT2D eigenvalue weighted by Crippen LogP contribution is -1.97. The molecule has 0 N–H and O–H groups in total. The lowest BCUT2D eigenvalue weighted by Gasteiger charge is -2.13. The first kappa shape index (κ1) is 12.4. The van der Waals surface area contributed by atoms with Crippen LogP contribution in [0.4, 0.5) is 0 Å². The Bertz CT molecular complexity index is 337. The van der Waals surface area contributed by atoms with Crippen molar-refractivity contribution in [2.24, 2.45) is 5.92 Å². The predicted octanol–water partition coefficient (Wildman–Crippen LogP) is 5.62. The third-order valence-corrected chi connectivity index (χ3v) is 5.15. The summed E-state index contributed by atoms with van der Waals surface area (Å²) in [7, 11) is 0. The van der Waals surface area contributed by atoms with Crippen LogP contribution in [0.5, 0.6) is 0 Å². The molecule has 2 rings (SSSR count). The number of hydrogen-bond donors (Lipinski definition) is 0. The van der Waals surface area contributed by atoms with Gasteiger partial charge in [0.05, 0.1) is 5.38 Å². The molecular weight excluding hydrogens is 236 g/mol. The Balaban J connectivity index is 1.87. The van der Waals surface area contributed by atoms with E-state index in [0.29, 0.717) is 0 Å². The van der Waals surface area contributed by atoms with Crippen LogP contribution in [0.2, 0.25) is 0 Å². The topological polar surface area (TPSA) is 0 Å². The van der Waals surface area contributed by atoms with Crippen molar-refractivity contribution in [3.05, 3.63) is 21.4 Å². The Morgan fingerprint density at radius 1 is 1.38 bits per heavy atom. The van der Waals surface area contributed by atoms with Gasteiger partial charge in [-0.15, -0.1) is 22.9 Å². The molecule has 1 saturated carbocycles. The number of halogens is 1. The molecule has 0 radical (unpaired) electrons. The van der Waals surface area contributed by atoms with Crippen LogP contribution >= 0.6 is 22.9 Å². The number of rotatable bonds is 4. The summed E-state index contributed by atoms with van der Waals surface area (Å²) in [6.45, 7) is 4.36. The van der Waals surface area contributed by atoms with Crippen LogP contribution in [0.3, 0.4) is 0 Å². The van der Waals surface area contributed by atoms with E-state index >= 15 is 0 Å². The normalized spacial score (nSPS) is 19.2. The Morgan fingerprint density at radius 3 is 2.62 bits per heavy atom. The van der Waals surface area contributed by atoms with E-state index in [9.17, 15) is 0 Å². The van der Waals surface area contributed by atoms with Gasteiger partial charge in [-0.3, -0.25) is 0 Å². The van der Waals surface area contributed by atoms with E-state index in [4.69, 9.17) is 11.6 Å². The maximum absolute atomic E-state index is 6.51. The summed E-state index contributed by atoms with van der Waals surface area (Å²) in [4.78, 5) is 2.79. The highest BCUT2D eigenvalue weighted by atomic mass is 35.5. The first-order valence-electron chi connectivity index (χ1n) is 6.38. The molecule has 1 aromatic rings. The molecule has 1 atom stereocenters. The second-order valence-electron chi connectivity index (χ2n) is 5.06. The van der Waals surface area contributed by atoms with Gasteiger partial charge in [-0.2, -0.15) is 0 Å².